The smallest absolute Gasteiger partial charge is 0.307 e. The van der Waals surface area contributed by atoms with Crippen molar-refractivity contribution < 1.29 is 14.7 Å². The van der Waals surface area contributed by atoms with Crippen LogP contribution in [0.15, 0.2) is 54.1 Å². The first kappa shape index (κ1) is 16.5. The molecule has 0 saturated heterocycles. The van der Waals surface area contributed by atoms with Crippen LogP contribution < -0.4 is 5.48 Å². The summed E-state index contributed by atoms with van der Waals surface area (Å²) in [4.78, 5) is 16.7. The zero-order valence-electron chi connectivity index (χ0n) is 12.7. The van der Waals surface area contributed by atoms with Gasteiger partial charge in [0.1, 0.15) is 0 Å². The number of hydrogen-bond acceptors (Lipinski definition) is 3. The Morgan fingerprint density at radius 2 is 2.09 bits per heavy atom. The number of allylic oxidation sites excluding steroid dienone is 2. The van der Waals surface area contributed by atoms with Crippen molar-refractivity contribution in [3.63, 3.8) is 0 Å². The van der Waals surface area contributed by atoms with E-state index in [1.807, 2.05) is 30.3 Å². The van der Waals surface area contributed by atoms with Crippen molar-refractivity contribution in [3.8, 4) is 0 Å². The lowest BCUT2D eigenvalue weighted by Crippen LogP contribution is -2.29. The SMILES string of the molecule is O=C(O)C(CCc1ccccc1)CNOCC1=CCCC=C1. The zero-order valence-corrected chi connectivity index (χ0v) is 12.7. The second kappa shape index (κ2) is 9.18. The number of carboxylic acid groups (broad SMARTS) is 1. The first-order valence-corrected chi connectivity index (χ1v) is 7.72. The van der Waals surface area contributed by atoms with Crippen molar-refractivity contribution in [1.29, 1.82) is 0 Å². The molecular weight excluding hydrogens is 278 g/mol. The van der Waals surface area contributed by atoms with Gasteiger partial charge in [0.2, 0.25) is 0 Å². The Bertz CT molecular complexity index is 522. The van der Waals surface area contributed by atoms with Crippen LogP contribution in [0.4, 0.5) is 0 Å². The van der Waals surface area contributed by atoms with E-state index in [-0.39, 0.29) is 0 Å². The third kappa shape index (κ3) is 5.84. The number of hydrogen-bond donors (Lipinski definition) is 2. The fraction of sp³-hybridized carbons (Fsp3) is 0.389. The average Bonchev–Trinajstić information content (AvgIpc) is 2.55. The minimum Gasteiger partial charge on any atom is -0.481 e. The van der Waals surface area contributed by atoms with E-state index in [1.165, 1.54) is 0 Å². The molecule has 0 heterocycles. The van der Waals surface area contributed by atoms with E-state index in [9.17, 15) is 9.90 Å². The molecule has 1 aliphatic carbocycles. The van der Waals surface area contributed by atoms with Crippen molar-refractivity contribution in [2.75, 3.05) is 13.2 Å². The highest BCUT2D eigenvalue weighted by atomic mass is 16.6. The van der Waals surface area contributed by atoms with Gasteiger partial charge in [0.05, 0.1) is 12.5 Å². The van der Waals surface area contributed by atoms with Gasteiger partial charge in [-0.3, -0.25) is 9.63 Å². The lowest BCUT2D eigenvalue weighted by atomic mass is 10.00. The summed E-state index contributed by atoms with van der Waals surface area (Å²) in [6, 6.07) is 9.94. The summed E-state index contributed by atoms with van der Waals surface area (Å²) in [5.74, 6) is -1.24. The summed E-state index contributed by atoms with van der Waals surface area (Å²) in [5.41, 5.74) is 5.09. The van der Waals surface area contributed by atoms with Gasteiger partial charge in [0.25, 0.3) is 0 Å². The summed E-state index contributed by atoms with van der Waals surface area (Å²) in [6.45, 7) is 0.792. The van der Waals surface area contributed by atoms with Crippen LogP contribution in [-0.4, -0.2) is 24.2 Å². The van der Waals surface area contributed by atoms with Crippen LogP contribution in [0.3, 0.4) is 0 Å². The molecule has 2 N–H and O–H groups in total. The Hall–Kier alpha value is -1.91. The molecule has 4 nitrogen and oxygen atoms in total. The number of rotatable bonds is 9. The van der Waals surface area contributed by atoms with E-state index in [2.05, 4.69) is 23.7 Å². The Kier molecular flexibility index (Phi) is 6.87. The standard InChI is InChI=1S/C18H23NO3/c20-18(21)17(12-11-15-7-3-1-4-8-15)13-19-22-14-16-9-5-2-6-10-16/h1,3-5,7-10,17,19H,2,6,11-14H2,(H,20,21). The van der Waals surface area contributed by atoms with Gasteiger partial charge in [-0.2, -0.15) is 0 Å². The number of aliphatic carboxylic acids is 1. The van der Waals surface area contributed by atoms with Crippen LogP contribution in [-0.2, 0) is 16.1 Å². The van der Waals surface area contributed by atoms with Gasteiger partial charge in [-0.1, -0.05) is 48.6 Å². The van der Waals surface area contributed by atoms with Crippen molar-refractivity contribution >= 4 is 5.97 Å². The molecule has 0 aliphatic heterocycles. The Morgan fingerprint density at radius 1 is 1.27 bits per heavy atom. The number of benzene rings is 1. The normalized spacial score (nSPS) is 15.4. The monoisotopic (exact) mass is 301 g/mol. The van der Waals surface area contributed by atoms with E-state index in [0.29, 0.717) is 19.6 Å². The third-order valence-corrected chi connectivity index (χ3v) is 3.72. The van der Waals surface area contributed by atoms with Crippen molar-refractivity contribution in [3.05, 3.63) is 59.7 Å². The minimum absolute atomic E-state index is 0.319. The van der Waals surface area contributed by atoms with Crippen LogP contribution >= 0.6 is 0 Å². The van der Waals surface area contributed by atoms with Gasteiger partial charge in [0, 0.05) is 6.54 Å². The van der Waals surface area contributed by atoms with E-state index >= 15 is 0 Å². The van der Waals surface area contributed by atoms with Crippen LogP contribution in [0.5, 0.6) is 0 Å². The molecule has 0 amide bonds. The molecule has 0 fully saturated rings. The molecular formula is C18H23NO3. The highest BCUT2D eigenvalue weighted by Crippen LogP contribution is 2.11. The molecule has 1 aromatic carbocycles. The Labute approximate surface area is 131 Å². The first-order chi connectivity index (χ1) is 10.8. The van der Waals surface area contributed by atoms with Gasteiger partial charge in [-0.25, -0.2) is 5.48 Å². The Balaban J connectivity index is 1.69. The number of carbonyl (C=O) groups is 1. The third-order valence-electron chi connectivity index (χ3n) is 3.72. The second-order valence-corrected chi connectivity index (χ2v) is 5.46. The predicted molar refractivity (Wildman–Crippen MR) is 86.3 cm³/mol. The fourth-order valence-corrected chi connectivity index (χ4v) is 2.37. The highest BCUT2D eigenvalue weighted by molar-refractivity contribution is 5.70. The average molecular weight is 301 g/mol. The van der Waals surface area contributed by atoms with Crippen molar-refractivity contribution in [2.45, 2.75) is 25.7 Å². The molecule has 1 atom stereocenters. The van der Waals surface area contributed by atoms with Crippen LogP contribution in [0, 0.1) is 5.92 Å². The summed E-state index contributed by atoms with van der Waals surface area (Å²) < 4.78 is 0. The molecule has 2 rings (SSSR count). The molecule has 1 aromatic rings. The lowest BCUT2D eigenvalue weighted by Gasteiger charge is -2.14. The molecule has 1 aliphatic rings. The molecule has 22 heavy (non-hydrogen) atoms. The zero-order chi connectivity index (χ0) is 15.6. The fourth-order valence-electron chi connectivity index (χ4n) is 2.37. The number of hydroxylamine groups is 1. The molecule has 0 radical (unpaired) electrons. The number of carboxylic acids is 1. The number of aryl methyl sites for hydroxylation is 1. The maximum Gasteiger partial charge on any atom is 0.307 e. The van der Waals surface area contributed by atoms with E-state index < -0.39 is 11.9 Å². The predicted octanol–water partition coefficient (Wildman–Crippen LogP) is 3.12. The minimum atomic E-state index is -0.788. The molecule has 0 aromatic heterocycles. The van der Waals surface area contributed by atoms with E-state index in [4.69, 9.17) is 4.84 Å². The molecule has 0 spiro atoms. The highest BCUT2D eigenvalue weighted by Gasteiger charge is 2.17. The topological polar surface area (TPSA) is 58.6 Å². The second-order valence-electron chi connectivity index (χ2n) is 5.46. The summed E-state index contributed by atoms with van der Waals surface area (Å²) >= 11 is 0. The quantitative estimate of drug-likeness (QED) is 0.543. The van der Waals surface area contributed by atoms with E-state index in [1.54, 1.807) is 0 Å². The molecule has 1 unspecified atom stereocenters. The van der Waals surface area contributed by atoms with Crippen LogP contribution in [0.25, 0.3) is 0 Å². The maximum absolute atomic E-state index is 11.3. The molecule has 0 saturated carbocycles. The summed E-state index contributed by atoms with van der Waals surface area (Å²) in [6.07, 6.45) is 9.80. The van der Waals surface area contributed by atoms with Gasteiger partial charge >= 0.3 is 5.97 Å². The van der Waals surface area contributed by atoms with Crippen LogP contribution in [0.1, 0.15) is 24.8 Å². The number of nitrogens with one attached hydrogen (secondary N) is 1. The van der Waals surface area contributed by atoms with Crippen LogP contribution in [0.2, 0.25) is 0 Å². The molecule has 0 bridgehead atoms. The van der Waals surface area contributed by atoms with Gasteiger partial charge in [0.15, 0.2) is 0 Å². The largest absolute Gasteiger partial charge is 0.481 e. The maximum atomic E-state index is 11.3. The van der Waals surface area contributed by atoms with E-state index in [0.717, 1.165) is 30.4 Å². The molecule has 118 valence electrons. The van der Waals surface area contributed by atoms with Gasteiger partial charge < -0.3 is 5.11 Å². The van der Waals surface area contributed by atoms with Gasteiger partial charge in [-0.15, -0.1) is 0 Å². The first-order valence-electron chi connectivity index (χ1n) is 7.72. The van der Waals surface area contributed by atoms with Crippen molar-refractivity contribution in [1.82, 2.24) is 5.48 Å². The summed E-state index contributed by atoms with van der Waals surface area (Å²) in [5, 5.41) is 9.28. The molecule has 4 heteroatoms. The Morgan fingerprint density at radius 3 is 2.77 bits per heavy atom. The van der Waals surface area contributed by atoms with Gasteiger partial charge in [-0.05, 0) is 36.8 Å². The lowest BCUT2D eigenvalue weighted by molar-refractivity contribution is -0.142. The summed E-state index contributed by atoms with van der Waals surface area (Å²) in [7, 11) is 0. The van der Waals surface area contributed by atoms with Crippen molar-refractivity contribution in [2.24, 2.45) is 5.92 Å².